The second kappa shape index (κ2) is 5.49. The van der Waals surface area contributed by atoms with Crippen LogP contribution >= 0.6 is 15.9 Å². The molecule has 96 valence electrons. The number of alkyl halides is 1. The standard InChI is InChI=1S/C13H15BrN2O2/c1-13(2,3)12(14)7-9-4-5-11(16(17)18)10(6-9)8-15/h4-6,12H,7H2,1-3H3. The fourth-order valence-corrected chi connectivity index (χ4v) is 1.85. The Labute approximate surface area is 115 Å². The lowest BCUT2D eigenvalue weighted by Gasteiger charge is -2.25. The van der Waals surface area contributed by atoms with Gasteiger partial charge in [-0.3, -0.25) is 10.1 Å². The van der Waals surface area contributed by atoms with Gasteiger partial charge in [0.25, 0.3) is 5.69 Å². The van der Waals surface area contributed by atoms with Crippen LogP contribution in [-0.2, 0) is 6.42 Å². The minimum Gasteiger partial charge on any atom is -0.258 e. The zero-order valence-electron chi connectivity index (χ0n) is 10.6. The Hall–Kier alpha value is -1.41. The molecule has 0 saturated carbocycles. The summed E-state index contributed by atoms with van der Waals surface area (Å²) in [4.78, 5) is 10.4. The lowest BCUT2D eigenvalue weighted by atomic mass is 9.88. The first kappa shape index (κ1) is 14.7. The Balaban J connectivity index is 3.01. The van der Waals surface area contributed by atoms with Gasteiger partial charge in [0.15, 0.2) is 0 Å². The van der Waals surface area contributed by atoms with Gasteiger partial charge in [-0.05, 0) is 23.5 Å². The minimum atomic E-state index is -0.530. The third-order valence-corrected chi connectivity index (χ3v) is 4.43. The predicted octanol–water partition coefficient (Wildman–Crippen LogP) is 3.82. The first-order valence-electron chi connectivity index (χ1n) is 5.57. The molecule has 5 heteroatoms. The SMILES string of the molecule is CC(C)(C)C(Br)Cc1ccc([N+](=O)[O-])c(C#N)c1. The number of nitriles is 1. The Kier molecular flexibility index (Phi) is 4.47. The van der Waals surface area contributed by atoms with E-state index in [2.05, 4.69) is 36.7 Å². The van der Waals surface area contributed by atoms with Crippen LogP contribution < -0.4 is 0 Å². The van der Waals surface area contributed by atoms with Gasteiger partial charge in [0, 0.05) is 10.9 Å². The molecule has 1 atom stereocenters. The van der Waals surface area contributed by atoms with E-state index in [1.54, 1.807) is 12.1 Å². The van der Waals surface area contributed by atoms with Crippen molar-refractivity contribution in [3.63, 3.8) is 0 Å². The van der Waals surface area contributed by atoms with Crippen molar-refractivity contribution in [1.29, 1.82) is 5.26 Å². The molecule has 0 amide bonds. The number of halogens is 1. The van der Waals surface area contributed by atoms with Crippen LogP contribution in [-0.4, -0.2) is 9.75 Å². The van der Waals surface area contributed by atoms with E-state index in [1.807, 2.05) is 6.07 Å². The van der Waals surface area contributed by atoms with Crippen LogP contribution in [0.5, 0.6) is 0 Å². The van der Waals surface area contributed by atoms with Crippen LogP contribution in [0.15, 0.2) is 18.2 Å². The lowest BCUT2D eigenvalue weighted by molar-refractivity contribution is -0.385. The maximum atomic E-state index is 10.7. The van der Waals surface area contributed by atoms with Gasteiger partial charge in [0.2, 0.25) is 0 Å². The number of benzene rings is 1. The van der Waals surface area contributed by atoms with Crippen molar-refractivity contribution in [2.75, 3.05) is 0 Å². The molecular weight excluding hydrogens is 296 g/mol. The molecule has 0 spiro atoms. The molecule has 0 radical (unpaired) electrons. The molecule has 0 saturated heterocycles. The van der Waals surface area contributed by atoms with Crippen molar-refractivity contribution in [3.05, 3.63) is 39.4 Å². The van der Waals surface area contributed by atoms with Crippen LogP contribution in [0.2, 0.25) is 0 Å². The Bertz CT molecular complexity index is 501. The second-order valence-corrected chi connectivity index (χ2v) is 6.36. The molecule has 0 aliphatic heterocycles. The summed E-state index contributed by atoms with van der Waals surface area (Å²) in [5, 5.41) is 19.6. The average molecular weight is 311 g/mol. The van der Waals surface area contributed by atoms with Gasteiger partial charge in [-0.25, -0.2) is 0 Å². The van der Waals surface area contributed by atoms with E-state index in [-0.39, 0.29) is 21.5 Å². The molecule has 1 unspecified atom stereocenters. The van der Waals surface area contributed by atoms with Gasteiger partial charge in [-0.2, -0.15) is 5.26 Å². The monoisotopic (exact) mass is 310 g/mol. The van der Waals surface area contributed by atoms with Gasteiger partial charge in [0.05, 0.1) is 4.92 Å². The fourth-order valence-electron chi connectivity index (χ4n) is 1.47. The summed E-state index contributed by atoms with van der Waals surface area (Å²) >= 11 is 3.61. The van der Waals surface area contributed by atoms with Crippen LogP contribution in [0.4, 0.5) is 5.69 Å². The highest BCUT2D eigenvalue weighted by Gasteiger charge is 2.23. The first-order valence-corrected chi connectivity index (χ1v) is 6.48. The molecule has 0 aliphatic rings. The van der Waals surface area contributed by atoms with Crippen LogP contribution in [0.3, 0.4) is 0 Å². The highest BCUT2D eigenvalue weighted by atomic mass is 79.9. The van der Waals surface area contributed by atoms with Gasteiger partial charge in [-0.15, -0.1) is 0 Å². The zero-order valence-corrected chi connectivity index (χ0v) is 12.2. The first-order chi connectivity index (χ1) is 8.25. The summed E-state index contributed by atoms with van der Waals surface area (Å²) in [6.45, 7) is 6.34. The zero-order chi connectivity index (χ0) is 13.9. The van der Waals surface area contributed by atoms with E-state index in [1.165, 1.54) is 6.07 Å². The molecule has 0 aromatic heterocycles. The van der Waals surface area contributed by atoms with Crippen molar-refractivity contribution in [2.24, 2.45) is 5.41 Å². The number of hydrogen-bond acceptors (Lipinski definition) is 3. The molecule has 0 fully saturated rings. The molecule has 18 heavy (non-hydrogen) atoms. The van der Waals surface area contributed by atoms with Gasteiger partial charge < -0.3 is 0 Å². The van der Waals surface area contributed by atoms with Crippen LogP contribution in [0, 0.1) is 26.9 Å². The van der Waals surface area contributed by atoms with E-state index < -0.39 is 4.92 Å². The summed E-state index contributed by atoms with van der Waals surface area (Å²) < 4.78 is 0. The lowest BCUT2D eigenvalue weighted by Crippen LogP contribution is -2.22. The molecule has 0 aliphatic carbocycles. The highest BCUT2D eigenvalue weighted by Crippen LogP contribution is 2.30. The third-order valence-electron chi connectivity index (χ3n) is 2.73. The van der Waals surface area contributed by atoms with E-state index in [9.17, 15) is 10.1 Å². The Morgan fingerprint density at radius 3 is 2.56 bits per heavy atom. The molecule has 1 aromatic carbocycles. The largest absolute Gasteiger partial charge is 0.287 e. The molecule has 0 N–H and O–H groups in total. The molecule has 0 bridgehead atoms. The van der Waals surface area contributed by atoms with Gasteiger partial charge >= 0.3 is 0 Å². The summed E-state index contributed by atoms with van der Waals surface area (Å²) in [5.41, 5.74) is 0.998. The maximum absolute atomic E-state index is 10.7. The number of nitrogens with zero attached hydrogens (tertiary/aromatic N) is 2. The predicted molar refractivity (Wildman–Crippen MR) is 73.7 cm³/mol. The third kappa shape index (κ3) is 3.54. The normalized spacial score (nSPS) is 12.8. The van der Waals surface area contributed by atoms with E-state index in [0.717, 1.165) is 12.0 Å². The molecule has 4 nitrogen and oxygen atoms in total. The van der Waals surface area contributed by atoms with Gasteiger partial charge in [0.1, 0.15) is 11.6 Å². The maximum Gasteiger partial charge on any atom is 0.287 e. The van der Waals surface area contributed by atoms with Crippen LogP contribution in [0.25, 0.3) is 0 Å². The number of hydrogen-bond donors (Lipinski definition) is 0. The molecule has 1 aromatic rings. The quantitative estimate of drug-likeness (QED) is 0.484. The summed E-state index contributed by atoms with van der Waals surface area (Å²) in [5.74, 6) is 0. The van der Waals surface area contributed by atoms with Gasteiger partial charge in [-0.1, -0.05) is 42.8 Å². The van der Waals surface area contributed by atoms with Crippen molar-refractivity contribution >= 4 is 21.6 Å². The van der Waals surface area contributed by atoms with Crippen molar-refractivity contribution in [2.45, 2.75) is 32.0 Å². The molecule has 1 rings (SSSR count). The van der Waals surface area contributed by atoms with E-state index >= 15 is 0 Å². The highest BCUT2D eigenvalue weighted by molar-refractivity contribution is 9.09. The number of nitro groups is 1. The number of rotatable bonds is 3. The minimum absolute atomic E-state index is 0.0918. The van der Waals surface area contributed by atoms with E-state index in [0.29, 0.717) is 0 Å². The Morgan fingerprint density at radius 1 is 1.50 bits per heavy atom. The second-order valence-electron chi connectivity index (χ2n) is 5.26. The summed E-state index contributed by atoms with van der Waals surface area (Å²) in [6.07, 6.45) is 0.732. The smallest absolute Gasteiger partial charge is 0.258 e. The molecular formula is C13H15BrN2O2. The molecule has 0 heterocycles. The van der Waals surface area contributed by atoms with E-state index in [4.69, 9.17) is 5.26 Å². The Morgan fingerprint density at radius 2 is 2.11 bits per heavy atom. The fraction of sp³-hybridized carbons (Fsp3) is 0.462. The topological polar surface area (TPSA) is 66.9 Å². The number of nitro benzene ring substituents is 1. The summed E-state index contributed by atoms with van der Waals surface area (Å²) in [7, 11) is 0. The average Bonchev–Trinajstić information content (AvgIpc) is 2.27. The summed E-state index contributed by atoms with van der Waals surface area (Å²) in [6, 6.07) is 6.57. The van der Waals surface area contributed by atoms with Crippen molar-refractivity contribution in [1.82, 2.24) is 0 Å². The van der Waals surface area contributed by atoms with Crippen molar-refractivity contribution < 1.29 is 4.92 Å². The van der Waals surface area contributed by atoms with Crippen molar-refractivity contribution in [3.8, 4) is 6.07 Å². The van der Waals surface area contributed by atoms with Crippen LogP contribution in [0.1, 0.15) is 31.9 Å².